The van der Waals surface area contributed by atoms with Crippen LogP contribution in [-0.4, -0.2) is 15.1 Å². The Morgan fingerprint density at radius 1 is 0.867 bits per heavy atom. The third kappa shape index (κ3) is 2.46. The van der Waals surface area contributed by atoms with Crippen molar-refractivity contribution in [2.45, 2.75) is 52.4 Å². The Kier molecular flexibility index (Phi) is 2.77. The molecular weight excluding hydrogens is 188 g/mol. The maximum absolute atomic E-state index is 10.1. The molecule has 0 aliphatic rings. The molecule has 1 rings (SSSR count). The Bertz CT molecular complexity index is 327. The summed E-state index contributed by atoms with van der Waals surface area (Å²) in [4.78, 5) is 8.08. The van der Waals surface area contributed by atoms with Crippen LogP contribution in [0.1, 0.15) is 52.9 Å². The second-order valence-corrected chi connectivity index (χ2v) is 5.87. The molecule has 0 unspecified atom stereocenters. The van der Waals surface area contributed by atoms with Crippen LogP contribution in [0.4, 0.5) is 0 Å². The molecule has 0 aliphatic carbocycles. The molecule has 1 aromatic rings. The molecule has 0 atom stereocenters. The van der Waals surface area contributed by atoms with Gasteiger partial charge in [-0.2, -0.15) is 0 Å². The van der Waals surface area contributed by atoms with E-state index in [4.69, 9.17) is 0 Å². The smallest absolute Gasteiger partial charge is 0.198 e. The van der Waals surface area contributed by atoms with Crippen LogP contribution in [0, 0.1) is 6.33 Å². The van der Waals surface area contributed by atoms with Gasteiger partial charge in [0.1, 0.15) is 0 Å². The summed E-state index contributed by atoms with van der Waals surface area (Å²) in [5.74, 6) is 0.203. The van der Waals surface area contributed by atoms with Crippen molar-refractivity contribution in [3.8, 4) is 5.75 Å². The molecule has 0 amide bonds. The molecule has 0 aromatic carbocycles. The van der Waals surface area contributed by atoms with E-state index in [1.807, 2.05) is 41.5 Å². The maximum Gasteiger partial charge on any atom is 0.198 e. The van der Waals surface area contributed by atoms with Gasteiger partial charge in [-0.25, -0.2) is 9.97 Å². The highest BCUT2D eigenvalue weighted by Gasteiger charge is 2.27. The molecule has 3 heteroatoms. The summed E-state index contributed by atoms with van der Waals surface area (Å²) >= 11 is 0. The second-order valence-electron chi connectivity index (χ2n) is 5.87. The van der Waals surface area contributed by atoms with Gasteiger partial charge in [0.05, 0.1) is 11.4 Å². The zero-order valence-electron chi connectivity index (χ0n) is 10.3. The summed E-state index contributed by atoms with van der Waals surface area (Å²) in [5, 5.41) is 10.1. The van der Waals surface area contributed by atoms with Crippen molar-refractivity contribution in [3.63, 3.8) is 0 Å². The van der Waals surface area contributed by atoms with Gasteiger partial charge in [0.15, 0.2) is 12.1 Å². The summed E-state index contributed by atoms with van der Waals surface area (Å²) in [5.41, 5.74) is 0.928. The first-order chi connectivity index (χ1) is 6.64. The lowest BCUT2D eigenvalue weighted by molar-refractivity contribution is 0.406. The monoisotopic (exact) mass is 207 g/mol. The van der Waals surface area contributed by atoms with Crippen molar-refractivity contribution in [2.24, 2.45) is 0 Å². The summed E-state index contributed by atoms with van der Waals surface area (Å²) in [7, 11) is 0. The third-order valence-electron chi connectivity index (χ3n) is 2.19. The molecule has 0 spiro atoms. The Balaban J connectivity index is 3.37. The van der Waals surface area contributed by atoms with Crippen molar-refractivity contribution in [1.82, 2.24) is 9.97 Å². The normalized spacial score (nSPS) is 12.9. The highest BCUT2D eigenvalue weighted by molar-refractivity contribution is 5.38. The quantitative estimate of drug-likeness (QED) is 0.711. The molecule has 0 fully saturated rings. The highest BCUT2D eigenvalue weighted by atomic mass is 16.3. The van der Waals surface area contributed by atoms with Crippen LogP contribution in [0.25, 0.3) is 0 Å². The van der Waals surface area contributed by atoms with Gasteiger partial charge in [-0.1, -0.05) is 41.5 Å². The first kappa shape index (κ1) is 12.0. The third-order valence-corrected chi connectivity index (χ3v) is 2.19. The Hall–Kier alpha value is -1.12. The first-order valence-corrected chi connectivity index (χ1v) is 5.12. The van der Waals surface area contributed by atoms with Gasteiger partial charge in [0.25, 0.3) is 0 Å². The molecule has 1 radical (unpaired) electrons. The first-order valence-electron chi connectivity index (χ1n) is 5.12. The fourth-order valence-corrected chi connectivity index (χ4v) is 1.39. The predicted molar refractivity (Wildman–Crippen MR) is 59.9 cm³/mol. The van der Waals surface area contributed by atoms with Gasteiger partial charge in [-0.05, 0) is 0 Å². The van der Waals surface area contributed by atoms with Gasteiger partial charge in [0, 0.05) is 10.8 Å². The number of hydrogen-bond donors (Lipinski definition) is 1. The molecule has 0 saturated heterocycles. The minimum absolute atomic E-state index is 0.191. The lowest BCUT2D eigenvalue weighted by atomic mass is 9.85. The lowest BCUT2D eigenvalue weighted by Crippen LogP contribution is -2.20. The van der Waals surface area contributed by atoms with E-state index < -0.39 is 0 Å². The van der Waals surface area contributed by atoms with Crippen molar-refractivity contribution in [1.29, 1.82) is 0 Å². The molecule has 83 valence electrons. The summed E-state index contributed by atoms with van der Waals surface area (Å²) < 4.78 is 0. The Morgan fingerprint density at radius 2 is 1.20 bits per heavy atom. The Labute approximate surface area is 91.6 Å². The predicted octanol–water partition coefficient (Wildman–Crippen LogP) is 2.58. The SMILES string of the molecule is CC(C)(C)c1n[c]nc(C(C)(C)C)c1O. The van der Waals surface area contributed by atoms with Crippen LogP contribution in [0.3, 0.4) is 0 Å². The molecule has 15 heavy (non-hydrogen) atoms. The van der Waals surface area contributed by atoms with E-state index in [0.29, 0.717) is 11.4 Å². The van der Waals surface area contributed by atoms with Crippen LogP contribution >= 0.6 is 0 Å². The van der Waals surface area contributed by atoms with Gasteiger partial charge in [0.2, 0.25) is 0 Å². The summed E-state index contributed by atoms with van der Waals surface area (Å²) in [6, 6.07) is 0. The number of rotatable bonds is 0. The fourth-order valence-electron chi connectivity index (χ4n) is 1.39. The number of hydrogen-bond acceptors (Lipinski definition) is 3. The minimum Gasteiger partial charge on any atom is -0.504 e. The minimum atomic E-state index is -0.191. The average molecular weight is 207 g/mol. The van der Waals surface area contributed by atoms with E-state index in [0.717, 1.165) is 0 Å². The van der Waals surface area contributed by atoms with E-state index in [1.165, 1.54) is 0 Å². The highest BCUT2D eigenvalue weighted by Crippen LogP contribution is 2.35. The number of nitrogens with zero attached hydrogens (tertiary/aromatic N) is 2. The number of aromatic hydroxyl groups is 1. The van der Waals surface area contributed by atoms with Crippen LogP contribution in [-0.2, 0) is 10.8 Å². The molecule has 0 saturated carbocycles. The van der Waals surface area contributed by atoms with E-state index >= 15 is 0 Å². The molecule has 1 N–H and O–H groups in total. The second kappa shape index (κ2) is 3.47. The van der Waals surface area contributed by atoms with Gasteiger partial charge in [-0.15, -0.1) is 0 Å². The van der Waals surface area contributed by atoms with Crippen molar-refractivity contribution in [2.75, 3.05) is 0 Å². The van der Waals surface area contributed by atoms with Gasteiger partial charge in [-0.3, -0.25) is 0 Å². The lowest BCUT2D eigenvalue weighted by Gasteiger charge is -2.24. The van der Waals surface area contributed by atoms with Crippen LogP contribution < -0.4 is 0 Å². The van der Waals surface area contributed by atoms with Gasteiger partial charge < -0.3 is 5.11 Å². The fraction of sp³-hybridized carbons (Fsp3) is 0.667. The molecule has 1 aromatic heterocycles. The molecule has 0 aliphatic heterocycles. The van der Waals surface area contributed by atoms with Crippen LogP contribution in [0.5, 0.6) is 5.75 Å². The average Bonchev–Trinajstić information content (AvgIpc) is 1.99. The van der Waals surface area contributed by atoms with Crippen molar-refractivity contribution >= 4 is 0 Å². The number of aromatic nitrogens is 2. The summed E-state index contributed by atoms with van der Waals surface area (Å²) in [6.07, 6.45) is 2.62. The maximum atomic E-state index is 10.1. The largest absolute Gasteiger partial charge is 0.504 e. The molecule has 3 nitrogen and oxygen atoms in total. The molecule has 0 bridgehead atoms. The van der Waals surface area contributed by atoms with Crippen LogP contribution in [0.2, 0.25) is 0 Å². The van der Waals surface area contributed by atoms with E-state index in [9.17, 15) is 5.11 Å². The van der Waals surface area contributed by atoms with Gasteiger partial charge >= 0.3 is 0 Å². The Morgan fingerprint density at radius 3 is 1.47 bits per heavy atom. The zero-order valence-corrected chi connectivity index (χ0v) is 10.3. The van der Waals surface area contributed by atoms with Crippen molar-refractivity contribution in [3.05, 3.63) is 17.7 Å². The summed E-state index contributed by atoms with van der Waals surface area (Å²) in [6.45, 7) is 12.1. The molecular formula is C12H19N2O. The van der Waals surface area contributed by atoms with E-state index in [2.05, 4.69) is 16.3 Å². The van der Waals surface area contributed by atoms with Crippen LogP contribution in [0.15, 0.2) is 0 Å². The zero-order chi connectivity index (χ0) is 11.9. The van der Waals surface area contributed by atoms with E-state index in [-0.39, 0.29) is 16.6 Å². The standard InChI is InChI=1S/C12H19N2O/c1-11(2,3)9-8(15)10(12(4,5)6)14-7-13-9/h15H,1-6H3. The van der Waals surface area contributed by atoms with Crippen molar-refractivity contribution < 1.29 is 5.11 Å². The molecule has 1 heterocycles. The topological polar surface area (TPSA) is 46.0 Å². The van der Waals surface area contributed by atoms with E-state index in [1.54, 1.807) is 0 Å².